The standard InChI is InChI=1S/C14H18N2O5/c1-21-9-13(18)16-11-7-5-10(6-8-11)15-12(17)3-2-4-14(19)20/h5-8H,2-4,9H2,1H3,(H,15,17)(H,16,18)(H,19,20). The van der Waals surface area contributed by atoms with Crippen molar-refractivity contribution in [3.63, 3.8) is 0 Å². The molecule has 1 rings (SSSR count). The second kappa shape index (κ2) is 8.70. The van der Waals surface area contributed by atoms with Crippen molar-refractivity contribution >= 4 is 29.2 Å². The van der Waals surface area contributed by atoms with Gasteiger partial charge in [0.25, 0.3) is 0 Å². The summed E-state index contributed by atoms with van der Waals surface area (Å²) >= 11 is 0. The summed E-state index contributed by atoms with van der Waals surface area (Å²) in [5.74, 6) is -1.42. The first kappa shape index (κ1) is 16.6. The van der Waals surface area contributed by atoms with Gasteiger partial charge in [-0.25, -0.2) is 0 Å². The smallest absolute Gasteiger partial charge is 0.303 e. The van der Waals surface area contributed by atoms with E-state index in [-0.39, 0.29) is 31.3 Å². The van der Waals surface area contributed by atoms with Gasteiger partial charge >= 0.3 is 5.97 Å². The average molecular weight is 294 g/mol. The van der Waals surface area contributed by atoms with Crippen LogP contribution in [-0.2, 0) is 19.1 Å². The zero-order valence-electron chi connectivity index (χ0n) is 11.7. The van der Waals surface area contributed by atoms with Gasteiger partial charge in [-0.2, -0.15) is 0 Å². The minimum atomic E-state index is -0.918. The van der Waals surface area contributed by atoms with E-state index >= 15 is 0 Å². The van der Waals surface area contributed by atoms with E-state index in [1.165, 1.54) is 7.11 Å². The SMILES string of the molecule is COCC(=O)Nc1ccc(NC(=O)CCCC(=O)O)cc1. The molecule has 0 saturated heterocycles. The Hall–Kier alpha value is -2.41. The van der Waals surface area contributed by atoms with Crippen LogP contribution in [0.1, 0.15) is 19.3 Å². The monoisotopic (exact) mass is 294 g/mol. The summed E-state index contributed by atoms with van der Waals surface area (Å²) in [4.78, 5) is 33.2. The molecular formula is C14H18N2O5. The fourth-order valence-electron chi connectivity index (χ4n) is 1.59. The molecule has 0 atom stereocenters. The molecule has 0 bridgehead atoms. The predicted molar refractivity (Wildman–Crippen MR) is 77.1 cm³/mol. The lowest BCUT2D eigenvalue weighted by atomic mass is 10.2. The summed E-state index contributed by atoms with van der Waals surface area (Å²) in [5, 5.41) is 13.8. The van der Waals surface area contributed by atoms with Gasteiger partial charge in [-0.15, -0.1) is 0 Å². The number of methoxy groups -OCH3 is 1. The Morgan fingerprint density at radius 3 is 2.00 bits per heavy atom. The number of carbonyl (C=O) groups is 3. The lowest BCUT2D eigenvalue weighted by Gasteiger charge is -2.07. The van der Waals surface area contributed by atoms with Crippen molar-refractivity contribution < 1.29 is 24.2 Å². The van der Waals surface area contributed by atoms with Gasteiger partial charge in [0.15, 0.2) is 0 Å². The van der Waals surface area contributed by atoms with Crippen LogP contribution in [0.5, 0.6) is 0 Å². The number of hydrogen-bond acceptors (Lipinski definition) is 4. The first-order chi connectivity index (χ1) is 10.0. The first-order valence-corrected chi connectivity index (χ1v) is 6.41. The second-order valence-corrected chi connectivity index (χ2v) is 4.35. The number of amides is 2. The first-order valence-electron chi connectivity index (χ1n) is 6.41. The summed E-state index contributed by atoms with van der Waals surface area (Å²) < 4.78 is 4.70. The molecule has 0 fully saturated rings. The molecule has 21 heavy (non-hydrogen) atoms. The third-order valence-corrected chi connectivity index (χ3v) is 2.52. The normalized spacial score (nSPS) is 9.95. The molecule has 0 heterocycles. The highest BCUT2D eigenvalue weighted by molar-refractivity contribution is 5.93. The summed E-state index contributed by atoms with van der Waals surface area (Å²) in [6.07, 6.45) is 0.419. The third kappa shape index (κ3) is 7.07. The summed E-state index contributed by atoms with van der Waals surface area (Å²) in [7, 11) is 1.43. The molecule has 0 unspecified atom stereocenters. The van der Waals surface area contributed by atoms with Crippen molar-refractivity contribution in [3.8, 4) is 0 Å². The molecule has 3 N–H and O–H groups in total. The molecule has 0 radical (unpaired) electrons. The minimum Gasteiger partial charge on any atom is -0.481 e. The molecule has 0 aliphatic carbocycles. The maximum atomic E-state index is 11.6. The fraction of sp³-hybridized carbons (Fsp3) is 0.357. The van der Waals surface area contributed by atoms with Crippen molar-refractivity contribution in [3.05, 3.63) is 24.3 Å². The molecule has 1 aromatic carbocycles. The molecular weight excluding hydrogens is 276 g/mol. The maximum Gasteiger partial charge on any atom is 0.303 e. The van der Waals surface area contributed by atoms with Crippen molar-refractivity contribution in [2.24, 2.45) is 0 Å². The van der Waals surface area contributed by atoms with Crippen LogP contribution < -0.4 is 10.6 Å². The molecule has 7 heteroatoms. The highest BCUT2D eigenvalue weighted by Gasteiger charge is 2.05. The largest absolute Gasteiger partial charge is 0.481 e. The Morgan fingerprint density at radius 1 is 1.00 bits per heavy atom. The molecule has 114 valence electrons. The van der Waals surface area contributed by atoms with E-state index in [1.807, 2.05) is 0 Å². The van der Waals surface area contributed by atoms with Gasteiger partial charge in [0.2, 0.25) is 11.8 Å². The number of hydrogen-bond donors (Lipinski definition) is 3. The summed E-state index contributed by atoms with van der Waals surface area (Å²) in [6.45, 7) is -0.0257. The molecule has 1 aromatic rings. The van der Waals surface area contributed by atoms with Crippen molar-refractivity contribution in [2.75, 3.05) is 24.4 Å². The van der Waals surface area contributed by atoms with E-state index in [0.717, 1.165) is 0 Å². The number of carboxylic acids is 1. The Balaban J connectivity index is 2.41. The highest BCUT2D eigenvalue weighted by atomic mass is 16.5. The molecule has 2 amide bonds. The van der Waals surface area contributed by atoms with Gasteiger partial charge in [-0.05, 0) is 30.7 Å². The number of rotatable bonds is 8. The number of nitrogens with one attached hydrogen (secondary N) is 2. The van der Waals surface area contributed by atoms with E-state index in [0.29, 0.717) is 17.8 Å². The molecule has 7 nitrogen and oxygen atoms in total. The van der Waals surface area contributed by atoms with Gasteiger partial charge in [0, 0.05) is 31.3 Å². The maximum absolute atomic E-state index is 11.6. The molecule has 0 saturated carbocycles. The van der Waals surface area contributed by atoms with E-state index in [9.17, 15) is 14.4 Å². The van der Waals surface area contributed by atoms with E-state index in [2.05, 4.69) is 10.6 Å². The Bertz CT molecular complexity index is 499. The predicted octanol–water partition coefficient (Wildman–Crippen LogP) is 1.46. The topological polar surface area (TPSA) is 105 Å². The van der Waals surface area contributed by atoms with Crippen LogP contribution in [0, 0.1) is 0 Å². The number of ether oxygens (including phenoxy) is 1. The number of anilines is 2. The average Bonchev–Trinajstić information content (AvgIpc) is 2.41. The Morgan fingerprint density at radius 2 is 1.52 bits per heavy atom. The van der Waals surface area contributed by atoms with E-state index in [4.69, 9.17) is 9.84 Å². The zero-order chi connectivity index (χ0) is 15.7. The minimum absolute atomic E-state index is 0.0257. The highest BCUT2D eigenvalue weighted by Crippen LogP contribution is 2.14. The zero-order valence-corrected chi connectivity index (χ0v) is 11.7. The summed E-state index contributed by atoms with van der Waals surface area (Å²) in [5.41, 5.74) is 1.18. The molecule has 0 aliphatic heterocycles. The quantitative estimate of drug-likeness (QED) is 0.673. The van der Waals surface area contributed by atoms with Crippen LogP contribution in [0.2, 0.25) is 0 Å². The fourth-order valence-corrected chi connectivity index (χ4v) is 1.59. The second-order valence-electron chi connectivity index (χ2n) is 4.35. The van der Waals surface area contributed by atoms with Crippen molar-refractivity contribution in [2.45, 2.75) is 19.3 Å². The lowest BCUT2D eigenvalue weighted by molar-refractivity contribution is -0.137. The van der Waals surface area contributed by atoms with Crippen LogP contribution in [0.25, 0.3) is 0 Å². The molecule has 0 spiro atoms. The number of aliphatic carboxylic acids is 1. The van der Waals surface area contributed by atoms with Crippen molar-refractivity contribution in [1.29, 1.82) is 0 Å². The summed E-state index contributed by atoms with van der Waals surface area (Å²) in [6, 6.07) is 6.61. The van der Waals surface area contributed by atoms with Gasteiger partial charge < -0.3 is 20.5 Å². The van der Waals surface area contributed by atoms with E-state index in [1.54, 1.807) is 24.3 Å². The van der Waals surface area contributed by atoms with Crippen LogP contribution in [0.4, 0.5) is 11.4 Å². The van der Waals surface area contributed by atoms with Gasteiger partial charge in [-0.3, -0.25) is 14.4 Å². The lowest BCUT2D eigenvalue weighted by Crippen LogP contribution is -2.17. The van der Waals surface area contributed by atoms with Gasteiger partial charge in [-0.1, -0.05) is 0 Å². The van der Waals surface area contributed by atoms with Crippen LogP contribution >= 0.6 is 0 Å². The third-order valence-electron chi connectivity index (χ3n) is 2.52. The van der Waals surface area contributed by atoms with Crippen molar-refractivity contribution in [1.82, 2.24) is 0 Å². The Labute approximate surface area is 122 Å². The molecule has 0 aromatic heterocycles. The van der Waals surface area contributed by atoms with Gasteiger partial charge in [0.05, 0.1) is 0 Å². The molecule has 0 aliphatic rings. The van der Waals surface area contributed by atoms with Crippen LogP contribution in [-0.4, -0.2) is 36.6 Å². The van der Waals surface area contributed by atoms with Gasteiger partial charge in [0.1, 0.15) is 6.61 Å². The number of carbonyl (C=O) groups excluding carboxylic acids is 2. The van der Waals surface area contributed by atoms with Crippen LogP contribution in [0.3, 0.4) is 0 Å². The Kier molecular flexibility index (Phi) is 6.90. The number of benzene rings is 1. The van der Waals surface area contributed by atoms with Crippen LogP contribution in [0.15, 0.2) is 24.3 Å². The number of carboxylic acid groups (broad SMARTS) is 1. The van der Waals surface area contributed by atoms with E-state index < -0.39 is 5.97 Å².